The van der Waals surface area contributed by atoms with Crippen molar-refractivity contribution in [3.05, 3.63) is 95.0 Å². The van der Waals surface area contributed by atoms with E-state index in [1.165, 1.54) is 29.2 Å². The molecule has 0 aromatic heterocycles. The number of rotatable bonds is 7. The number of ketones is 1. The number of carbonyl (C=O) groups is 4. The quantitative estimate of drug-likeness (QED) is 0.286. The molecule has 0 unspecified atom stereocenters. The summed E-state index contributed by atoms with van der Waals surface area (Å²) in [6.45, 7) is -0.324. The van der Waals surface area contributed by atoms with Crippen LogP contribution in [0.1, 0.15) is 27.1 Å². The van der Waals surface area contributed by atoms with Crippen LogP contribution in [0, 0.1) is 5.92 Å². The Hall–Kier alpha value is -3.97. The molecule has 0 radical (unpaired) electrons. The van der Waals surface area contributed by atoms with Crippen LogP contribution in [0.15, 0.2) is 78.9 Å². The molecule has 1 atom stereocenters. The number of nitrogens with zero attached hydrogens (tertiary/aromatic N) is 1. The first-order chi connectivity index (χ1) is 16.4. The number of benzene rings is 3. The first-order valence-electron chi connectivity index (χ1n) is 10.5. The molecule has 3 aromatic rings. The number of esters is 2. The number of ether oxygens (including phenoxy) is 2. The summed E-state index contributed by atoms with van der Waals surface area (Å²) in [5, 5.41) is 0.415. The molecule has 34 heavy (non-hydrogen) atoms. The van der Waals surface area contributed by atoms with E-state index in [1.807, 2.05) is 0 Å². The topological polar surface area (TPSA) is 90.0 Å². The number of hydrogen-bond donors (Lipinski definition) is 0. The molecule has 3 aromatic carbocycles. The number of halogens is 1. The Kier molecular flexibility index (Phi) is 7.04. The summed E-state index contributed by atoms with van der Waals surface area (Å²) in [6, 6.07) is 21.4. The minimum Gasteiger partial charge on any atom is -0.457 e. The van der Waals surface area contributed by atoms with Gasteiger partial charge in [-0.1, -0.05) is 41.9 Å². The third-order valence-corrected chi connectivity index (χ3v) is 5.66. The summed E-state index contributed by atoms with van der Waals surface area (Å²) in [5.41, 5.74) is 1.24. The highest BCUT2D eigenvalue weighted by atomic mass is 35.5. The second-order valence-electron chi connectivity index (χ2n) is 7.67. The molecule has 0 spiro atoms. The van der Waals surface area contributed by atoms with Crippen LogP contribution in [-0.4, -0.2) is 36.8 Å². The molecule has 172 valence electrons. The van der Waals surface area contributed by atoms with Crippen LogP contribution in [0.4, 0.5) is 5.69 Å². The molecule has 8 heteroatoms. The first kappa shape index (κ1) is 23.2. The number of amides is 1. The van der Waals surface area contributed by atoms with Gasteiger partial charge >= 0.3 is 11.9 Å². The minimum atomic E-state index is -0.684. The van der Waals surface area contributed by atoms with Gasteiger partial charge in [-0.25, -0.2) is 4.79 Å². The highest BCUT2D eigenvalue weighted by Gasteiger charge is 2.37. The third kappa shape index (κ3) is 5.32. The van der Waals surface area contributed by atoms with E-state index < -0.39 is 30.2 Å². The van der Waals surface area contributed by atoms with Gasteiger partial charge in [0.05, 0.1) is 22.2 Å². The summed E-state index contributed by atoms with van der Waals surface area (Å²) >= 11 is 6.16. The predicted molar refractivity (Wildman–Crippen MR) is 125 cm³/mol. The van der Waals surface area contributed by atoms with Gasteiger partial charge in [-0.15, -0.1) is 0 Å². The number of Topliss-reactive ketones (excluding diaryl/α,β-unsaturated/α-hetero) is 1. The maximum Gasteiger partial charge on any atom is 0.343 e. The third-order valence-electron chi connectivity index (χ3n) is 5.34. The number of para-hydroxylation sites is 1. The second kappa shape index (κ2) is 10.3. The average molecular weight is 478 g/mol. The van der Waals surface area contributed by atoms with Gasteiger partial charge in [0, 0.05) is 18.5 Å². The lowest BCUT2D eigenvalue weighted by Gasteiger charge is -2.17. The van der Waals surface area contributed by atoms with Crippen molar-refractivity contribution < 1.29 is 28.7 Å². The molecule has 1 aliphatic heterocycles. The minimum absolute atomic E-state index is 0.0142. The van der Waals surface area contributed by atoms with E-state index in [-0.39, 0.29) is 24.6 Å². The van der Waals surface area contributed by atoms with Crippen molar-refractivity contribution in [2.75, 3.05) is 18.1 Å². The maximum atomic E-state index is 12.5. The fraction of sp³-hybridized carbons (Fsp3) is 0.154. The predicted octanol–water partition coefficient (Wildman–Crippen LogP) is 4.34. The van der Waals surface area contributed by atoms with Gasteiger partial charge < -0.3 is 14.4 Å². The molecule has 0 bridgehead atoms. The van der Waals surface area contributed by atoms with Crippen molar-refractivity contribution in [3.8, 4) is 5.75 Å². The highest BCUT2D eigenvalue weighted by molar-refractivity contribution is 6.33. The lowest BCUT2D eigenvalue weighted by atomic mass is 10.1. The van der Waals surface area contributed by atoms with Gasteiger partial charge in [0.2, 0.25) is 5.91 Å². The van der Waals surface area contributed by atoms with Crippen molar-refractivity contribution in [1.29, 1.82) is 0 Å². The van der Waals surface area contributed by atoms with Crippen molar-refractivity contribution in [2.24, 2.45) is 5.92 Å². The fourth-order valence-electron chi connectivity index (χ4n) is 3.56. The van der Waals surface area contributed by atoms with Crippen LogP contribution in [0.25, 0.3) is 0 Å². The zero-order chi connectivity index (χ0) is 24.1. The van der Waals surface area contributed by atoms with Crippen molar-refractivity contribution in [1.82, 2.24) is 0 Å². The largest absolute Gasteiger partial charge is 0.457 e. The Morgan fingerprint density at radius 2 is 1.56 bits per heavy atom. The number of carbonyl (C=O) groups excluding carboxylic acids is 4. The summed E-state index contributed by atoms with van der Waals surface area (Å²) in [6.07, 6.45) is -0.0142. The number of hydrogen-bond acceptors (Lipinski definition) is 6. The lowest BCUT2D eigenvalue weighted by molar-refractivity contribution is -0.147. The SMILES string of the molecule is O=C(COC(=O)[C@@H]1CC(=O)N(c2ccccc2Cl)C1)c1ccc(OC(=O)c2ccccc2)cc1. The van der Waals surface area contributed by atoms with E-state index >= 15 is 0 Å². The zero-order valence-electron chi connectivity index (χ0n) is 18.0. The smallest absolute Gasteiger partial charge is 0.343 e. The van der Waals surface area contributed by atoms with E-state index in [2.05, 4.69) is 0 Å². The molecule has 7 nitrogen and oxygen atoms in total. The molecule has 0 aliphatic carbocycles. The highest BCUT2D eigenvalue weighted by Crippen LogP contribution is 2.31. The van der Waals surface area contributed by atoms with E-state index in [9.17, 15) is 19.2 Å². The van der Waals surface area contributed by atoms with Gasteiger partial charge in [-0.2, -0.15) is 0 Å². The summed E-state index contributed by atoms with van der Waals surface area (Å²) in [4.78, 5) is 50.8. The van der Waals surface area contributed by atoms with Gasteiger partial charge in [0.15, 0.2) is 12.4 Å². The molecular formula is C26H20ClNO6. The Morgan fingerprint density at radius 3 is 2.26 bits per heavy atom. The standard InChI is InChI=1S/C26H20ClNO6/c27-21-8-4-5-9-22(21)28-15-19(14-24(28)30)25(31)33-16-23(29)17-10-12-20(13-11-17)34-26(32)18-6-2-1-3-7-18/h1-13,19H,14-16H2/t19-/m1/s1. The molecule has 1 heterocycles. The summed E-state index contributed by atoms with van der Waals surface area (Å²) in [5.74, 6) is -2.18. The normalized spacial score (nSPS) is 15.1. The van der Waals surface area contributed by atoms with Gasteiger partial charge in [-0.3, -0.25) is 14.4 Å². The van der Waals surface area contributed by atoms with Gasteiger partial charge in [0.25, 0.3) is 0 Å². The van der Waals surface area contributed by atoms with Crippen molar-refractivity contribution >= 4 is 40.9 Å². The van der Waals surface area contributed by atoms with Crippen molar-refractivity contribution in [2.45, 2.75) is 6.42 Å². The van der Waals surface area contributed by atoms with E-state index in [4.69, 9.17) is 21.1 Å². The molecule has 4 rings (SSSR count). The van der Waals surface area contributed by atoms with Crippen LogP contribution in [0.2, 0.25) is 5.02 Å². The molecule has 1 amide bonds. The van der Waals surface area contributed by atoms with Gasteiger partial charge in [-0.05, 0) is 48.5 Å². The van der Waals surface area contributed by atoms with Crippen LogP contribution in [-0.2, 0) is 14.3 Å². The molecule has 1 aliphatic rings. The second-order valence-corrected chi connectivity index (χ2v) is 8.07. The van der Waals surface area contributed by atoms with Crippen molar-refractivity contribution in [3.63, 3.8) is 0 Å². The Balaban J connectivity index is 1.29. The lowest BCUT2D eigenvalue weighted by Crippen LogP contribution is -2.27. The Labute approximate surface area is 200 Å². The molecular weight excluding hydrogens is 458 g/mol. The van der Waals surface area contributed by atoms with E-state index in [0.717, 1.165) is 0 Å². The van der Waals surface area contributed by atoms with Crippen LogP contribution >= 0.6 is 11.6 Å². The molecule has 0 saturated carbocycles. The van der Waals surface area contributed by atoms with Crippen LogP contribution < -0.4 is 9.64 Å². The average Bonchev–Trinajstić information content (AvgIpc) is 3.25. The van der Waals surface area contributed by atoms with E-state index in [0.29, 0.717) is 21.8 Å². The maximum absolute atomic E-state index is 12.5. The molecule has 1 saturated heterocycles. The Morgan fingerprint density at radius 1 is 0.882 bits per heavy atom. The van der Waals surface area contributed by atoms with Gasteiger partial charge in [0.1, 0.15) is 5.75 Å². The summed E-state index contributed by atoms with van der Waals surface area (Å²) in [7, 11) is 0. The summed E-state index contributed by atoms with van der Waals surface area (Å²) < 4.78 is 10.5. The van der Waals surface area contributed by atoms with Crippen LogP contribution in [0.5, 0.6) is 5.75 Å². The Bertz CT molecular complexity index is 1230. The number of anilines is 1. The zero-order valence-corrected chi connectivity index (χ0v) is 18.7. The van der Waals surface area contributed by atoms with Crippen LogP contribution in [0.3, 0.4) is 0 Å². The molecule has 0 N–H and O–H groups in total. The van der Waals surface area contributed by atoms with E-state index in [1.54, 1.807) is 54.6 Å². The molecule has 1 fully saturated rings. The fourth-order valence-corrected chi connectivity index (χ4v) is 3.79. The monoisotopic (exact) mass is 477 g/mol. The first-order valence-corrected chi connectivity index (χ1v) is 10.9.